The fraction of sp³-hybridized carbons (Fsp3) is 0.179. The molecule has 1 aliphatic heterocycles. The number of amides is 1. The molecule has 7 heteroatoms. The summed E-state index contributed by atoms with van der Waals surface area (Å²) in [5.74, 6) is -0.690. The molecular weight excluding hydrogens is 447 g/mol. The van der Waals surface area contributed by atoms with Gasteiger partial charge in [0.05, 0.1) is 29.6 Å². The Balaban J connectivity index is 1.23. The highest BCUT2D eigenvalue weighted by Gasteiger charge is 2.26. The van der Waals surface area contributed by atoms with Crippen molar-refractivity contribution in [2.75, 3.05) is 11.5 Å². The van der Waals surface area contributed by atoms with Gasteiger partial charge >= 0.3 is 5.97 Å². The number of aryl methyl sites for hydroxylation is 3. The second kappa shape index (κ2) is 9.93. The molecule has 0 aliphatic carbocycles. The predicted molar refractivity (Wildman–Crippen MR) is 129 cm³/mol. The molecule has 35 heavy (non-hydrogen) atoms. The monoisotopic (exact) mass is 470 g/mol. The van der Waals surface area contributed by atoms with Gasteiger partial charge in [0.1, 0.15) is 5.82 Å². The van der Waals surface area contributed by atoms with Crippen LogP contribution in [0.4, 0.5) is 15.8 Å². The maximum atomic E-state index is 13.9. The van der Waals surface area contributed by atoms with Gasteiger partial charge < -0.3 is 9.15 Å². The Kier molecular flexibility index (Phi) is 6.39. The van der Waals surface area contributed by atoms with Crippen LogP contribution in [0.25, 0.3) is 11.3 Å². The van der Waals surface area contributed by atoms with Crippen molar-refractivity contribution < 1.29 is 23.1 Å². The standard InChI is InChI=1S/C28H23FN2O4/c29-22-10-4-3-9-21(22)25-17-30-26(35-25)15-16-28(33)34-18-27(32)31-23-11-5-1-7-19(23)13-14-20-8-2-6-12-24(20)31/h1-12,17H,13-16,18H2. The van der Waals surface area contributed by atoms with E-state index in [0.717, 1.165) is 35.3 Å². The van der Waals surface area contributed by atoms with Crippen LogP contribution < -0.4 is 4.90 Å². The molecule has 4 aromatic rings. The lowest BCUT2D eigenvalue weighted by molar-refractivity contribution is -0.147. The smallest absolute Gasteiger partial charge is 0.306 e. The number of esters is 1. The van der Waals surface area contributed by atoms with Crippen molar-refractivity contribution >= 4 is 23.3 Å². The number of oxazole rings is 1. The van der Waals surface area contributed by atoms with Crippen LogP contribution in [0, 0.1) is 5.82 Å². The van der Waals surface area contributed by atoms with E-state index < -0.39 is 11.8 Å². The quantitative estimate of drug-likeness (QED) is 0.352. The Morgan fingerprint density at radius 2 is 1.54 bits per heavy atom. The van der Waals surface area contributed by atoms with Crippen molar-refractivity contribution in [3.8, 4) is 11.3 Å². The zero-order valence-corrected chi connectivity index (χ0v) is 18.9. The van der Waals surface area contributed by atoms with Gasteiger partial charge in [-0.05, 0) is 48.2 Å². The number of ether oxygens (including phenoxy) is 1. The summed E-state index contributed by atoms with van der Waals surface area (Å²) in [6, 6.07) is 21.8. The average molecular weight is 471 g/mol. The number of fused-ring (bicyclic) bond motifs is 2. The molecule has 176 valence electrons. The van der Waals surface area contributed by atoms with Crippen LogP contribution in [0.2, 0.25) is 0 Å². The van der Waals surface area contributed by atoms with Gasteiger partial charge in [0.15, 0.2) is 18.3 Å². The van der Waals surface area contributed by atoms with Crippen LogP contribution in [0.1, 0.15) is 23.4 Å². The van der Waals surface area contributed by atoms with Crippen LogP contribution >= 0.6 is 0 Å². The van der Waals surface area contributed by atoms with Crippen LogP contribution in [-0.2, 0) is 33.6 Å². The fourth-order valence-electron chi connectivity index (χ4n) is 4.25. The number of rotatable bonds is 6. The molecule has 1 amide bonds. The van der Waals surface area contributed by atoms with Gasteiger partial charge in [-0.15, -0.1) is 0 Å². The number of halogens is 1. The molecule has 0 saturated heterocycles. The molecule has 3 aromatic carbocycles. The highest BCUT2D eigenvalue weighted by atomic mass is 19.1. The third kappa shape index (κ3) is 4.84. The molecule has 0 saturated carbocycles. The van der Waals surface area contributed by atoms with Gasteiger partial charge in [0.2, 0.25) is 0 Å². The van der Waals surface area contributed by atoms with Gasteiger partial charge in [-0.25, -0.2) is 9.37 Å². The number of anilines is 2. The minimum atomic E-state index is -0.541. The molecule has 1 aromatic heterocycles. The van der Waals surface area contributed by atoms with Gasteiger partial charge in [0, 0.05) is 6.42 Å². The number of carbonyl (C=O) groups excluding carboxylic acids is 2. The van der Waals surface area contributed by atoms with Gasteiger partial charge in [-0.3, -0.25) is 14.5 Å². The summed E-state index contributed by atoms with van der Waals surface area (Å²) >= 11 is 0. The van der Waals surface area contributed by atoms with Crippen molar-refractivity contribution in [3.63, 3.8) is 0 Å². The van der Waals surface area contributed by atoms with Gasteiger partial charge in [-0.2, -0.15) is 0 Å². The van der Waals surface area contributed by atoms with E-state index in [-0.39, 0.29) is 25.4 Å². The van der Waals surface area contributed by atoms with Crippen LogP contribution in [0.15, 0.2) is 83.4 Å². The molecule has 0 bridgehead atoms. The SMILES string of the molecule is O=C(CCc1ncc(-c2ccccc2F)o1)OCC(=O)N1c2ccccc2CCc2ccccc21. The number of benzene rings is 3. The number of para-hydroxylation sites is 2. The fourth-order valence-corrected chi connectivity index (χ4v) is 4.25. The second-order valence-corrected chi connectivity index (χ2v) is 8.25. The number of hydrogen-bond acceptors (Lipinski definition) is 5. The lowest BCUT2D eigenvalue weighted by Gasteiger charge is -2.24. The Labute approximate surface area is 202 Å². The molecule has 1 aliphatic rings. The molecule has 0 atom stereocenters. The van der Waals surface area contributed by atoms with E-state index in [2.05, 4.69) is 4.98 Å². The molecule has 2 heterocycles. The lowest BCUT2D eigenvalue weighted by atomic mass is 10.0. The molecule has 6 nitrogen and oxygen atoms in total. The van der Waals surface area contributed by atoms with Crippen LogP contribution in [0.3, 0.4) is 0 Å². The highest BCUT2D eigenvalue weighted by Crippen LogP contribution is 2.36. The van der Waals surface area contributed by atoms with Crippen LogP contribution in [-0.4, -0.2) is 23.5 Å². The number of nitrogens with zero attached hydrogens (tertiary/aromatic N) is 2. The Morgan fingerprint density at radius 3 is 2.23 bits per heavy atom. The van der Waals surface area contributed by atoms with Gasteiger partial charge in [0.25, 0.3) is 5.91 Å². The average Bonchev–Trinajstić information content (AvgIpc) is 3.28. The van der Waals surface area contributed by atoms with E-state index in [1.807, 2.05) is 48.5 Å². The van der Waals surface area contributed by atoms with Crippen molar-refractivity contribution in [1.29, 1.82) is 0 Å². The summed E-state index contributed by atoms with van der Waals surface area (Å²) in [6.45, 7) is -0.381. The summed E-state index contributed by atoms with van der Waals surface area (Å²) in [5.41, 5.74) is 4.05. The summed E-state index contributed by atoms with van der Waals surface area (Å²) < 4.78 is 24.8. The van der Waals surface area contributed by atoms with E-state index in [1.54, 1.807) is 23.1 Å². The minimum Gasteiger partial charge on any atom is -0.456 e. The van der Waals surface area contributed by atoms with E-state index >= 15 is 0 Å². The zero-order valence-electron chi connectivity index (χ0n) is 18.9. The summed E-state index contributed by atoms with van der Waals surface area (Å²) in [6.07, 6.45) is 3.23. The van der Waals surface area contributed by atoms with Crippen LogP contribution in [0.5, 0.6) is 0 Å². The third-order valence-corrected chi connectivity index (χ3v) is 5.97. The normalized spacial score (nSPS) is 12.4. The summed E-state index contributed by atoms with van der Waals surface area (Å²) in [5, 5.41) is 0. The molecule has 5 rings (SSSR count). The maximum Gasteiger partial charge on any atom is 0.306 e. The van der Waals surface area contributed by atoms with E-state index in [0.29, 0.717) is 17.2 Å². The van der Waals surface area contributed by atoms with Gasteiger partial charge in [-0.1, -0.05) is 48.5 Å². The molecule has 0 fully saturated rings. The van der Waals surface area contributed by atoms with E-state index in [1.165, 1.54) is 12.3 Å². The minimum absolute atomic E-state index is 0.0162. The number of aromatic nitrogens is 1. The number of carbonyl (C=O) groups is 2. The largest absolute Gasteiger partial charge is 0.456 e. The Morgan fingerprint density at radius 1 is 0.914 bits per heavy atom. The first-order valence-electron chi connectivity index (χ1n) is 11.4. The summed E-state index contributed by atoms with van der Waals surface area (Å²) in [4.78, 5) is 31.4. The van der Waals surface area contributed by atoms with E-state index in [4.69, 9.17) is 9.15 Å². The molecule has 0 unspecified atom stereocenters. The van der Waals surface area contributed by atoms with Crippen molar-refractivity contribution in [1.82, 2.24) is 4.98 Å². The third-order valence-electron chi connectivity index (χ3n) is 5.97. The lowest BCUT2D eigenvalue weighted by Crippen LogP contribution is -2.31. The first kappa shape index (κ1) is 22.5. The maximum absolute atomic E-state index is 13.9. The van der Waals surface area contributed by atoms with Crippen molar-refractivity contribution in [3.05, 3.63) is 102 Å². The van der Waals surface area contributed by atoms with Crippen molar-refractivity contribution in [2.45, 2.75) is 25.7 Å². The molecule has 0 N–H and O–H groups in total. The Hall–Kier alpha value is -4.26. The zero-order chi connectivity index (χ0) is 24.2. The van der Waals surface area contributed by atoms with E-state index in [9.17, 15) is 14.0 Å². The Bertz CT molecular complexity index is 1330. The highest BCUT2D eigenvalue weighted by molar-refractivity contribution is 6.03. The van der Waals surface area contributed by atoms with Crippen molar-refractivity contribution in [2.24, 2.45) is 0 Å². The number of hydrogen-bond donors (Lipinski definition) is 0. The first-order valence-corrected chi connectivity index (χ1v) is 11.4. The molecule has 0 spiro atoms. The first-order chi connectivity index (χ1) is 17.1. The topological polar surface area (TPSA) is 72.6 Å². The second-order valence-electron chi connectivity index (χ2n) is 8.25. The summed E-state index contributed by atoms with van der Waals surface area (Å²) in [7, 11) is 0. The predicted octanol–water partition coefficient (Wildman–Crippen LogP) is 5.42. The molecule has 0 radical (unpaired) electrons. The molecular formula is C28H23FN2O4.